The fourth-order valence-electron chi connectivity index (χ4n) is 3.14. The summed E-state index contributed by atoms with van der Waals surface area (Å²) < 4.78 is 13.0. The molecule has 1 aromatic carbocycles. The number of benzene rings is 1. The van der Waals surface area contributed by atoms with Gasteiger partial charge in [0.2, 0.25) is 0 Å². The Morgan fingerprint density at radius 2 is 2.05 bits per heavy atom. The average Bonchev–Trinajstić information content (AvgIpc) is 2.95. The van der Waals surface area contributed by atoms with E-state index in [1.807, 2.05) is 18.3 Å². The quantitative estimate of drug-likeness (QED) is 0.851. The van der Waals surface area contributed by atoms with Crippen LogP contribution < -0.4 is 4.74 Å². The van der Waals surface area contributed by atoms with Gasteiger partial charge in [-0.3, -0.25) is 4.90 Å². The Hall–Kier alpha value is -1.85. The first-order chi connectivity index (χ1) is 10.7. The number of hydrogen-bond donors (Lipinski definition) is 0. The Balaban J connectivity index is 1.79. The molecule has 2 heterocycles. The fraction of sp³-hybridized carbons (Fsp3) is 0.471. The highest BCUT2D eigenvalue weighted by molar-refractivity contribution is 5.33. The number of methoxy groups -OCH3 is 2. The molecule has 1 atom stereocenters. The van der Waals surface area contributed by atoms with Crippen LogP contribution in [0.15, 0.2) is 30.5 Å². The van der Waals surface area contributed by atoms with Crippen molar-refractivity contribution >= 4 is 0 Å². The fourth-order valence-corrected chi connectivity index (χ4v) is 3.14. The highest BCUT2D eigenvalue weighted by Gasteiger charge is 2.27. The zero-order valence-electron chi connectivity index (χ0n) is 13.5. The molecule has 3 rings (SSSR count). The van der Waals surface area contributed by atoms with Crippen LogP contribution in [-0.2, 0) is 24.4 Å². The van der Waals surface area contributed by atoms with Gasteiger partial charge in [0.15, 0.2) is 0 Å². The molecular formula is C17H23N3O2. The molecule has 0 fully saturated rings. The predicted octanol–water partition coefficient (Wildman–Crippen LogP) is 2.61. The normalized spacial score (nSPS) is 18.2. The highest BCUT2D eigenvalue weighted by Crippen LogP contribution is 2.29. The van der Waals surface area contributed by atoms with Gasteiger partial charge in [0, 0.05) is 32.3 Å². The van der Waals surface area contributed by atoms with Crippen molar-refractivity contribution in [2.75, 3.05) is 20.8 Å². The monoisotopic (exact) mass is 301 g/mol. The lowest BCUT2D eigenvalue weighted by molar-refractivity contribution is 0.142. The summed E-state index contributed by atoms with van der Waals surface area (Å²) in [6, 6.07) is 8.49. The van der Waals surface area contributed by atoms with Crippen molar-refractivity contribution in [1.82, 2.24) is 14.5 Å². The van der Waals surface area contributed by atoms with Crippen LogP contribution >= 0.6 is 0 Å². The van der Waals surface area contributed by atoms with Gasteiger partial charge in [0.1, 0.15) is 11.6 Å². The number of para-hydroxylation sites is 1. The molecule has 2 aromatic rings. The number of ether oxygens (including phenoxy) is 2. The van der Waals surface area contributed by atoms with Gasteiger partial charge in [0.05, 0.1) is 31.6 Å². The minimum absolute atomic E-state index is 0.282. The molecule has 0 amide bonds. The van der Waals surface area contributed by atoms with E-state index >= 15 is 0 Å². The smallest absolute Gasteiger partial charge is 0.126 e. The Labute approximate surface area is 131 Å². The van der Waals surface area contributed by atoms with Gasteiger partial charge in [-0.15, -0.1) is 0 Å². The van der Waals surface area contributed by atoms with Crippen LogP contribution in [0.5, 0.6) is 5.75 Å². The molecule has 1 aliphatic heterocycles. The summed E-state index contributed by atoms with van der Waals surface area (Å²) in [5.41, 5.74) is 2.37. The van der Waals surface area contributed by atoms with Gasteiger partial charge in [-0.05, 0) is 13.0 Å². The lowest BCUT2D eigenvalue weighted by Gasteiger charge is -2.34. The van der Waals surface area contributed by atoms with Crippen molar-refractivity contribution in [1.29, 1.82) is 0 Å². The van der Waals surface area contributed by atoms with E-state index in [0.717, 1.165) is 36.9 Å². The first-order valence-corrected chi connectivity index (χ1v) is 7.63. The van der Waals surface area contributed by atoms with E-state index < -0.39 is 0 Å². The highest BCUT2D eigenvalue weighted by atomic mass is 16.5. The maximum Gasteiger partial charge on any atom is 0.126 e. The SMILES string of the molecule is COCc1cnc2n1CCN(Cc1ccccc1OC)[C@H]2C. The van der Waals surface area contributed by atoms with Gasteiger partial charge in [-0.2, -0.15) is 0 Å². The van der Waals surface area contributed by atoms with Crippen molar-refractivity contribution in [2.24, 2.45) is 0 Å². The maximum atomic E-state index is 5.46. The summed E-state index contributed by atoms with van der Waals surface area (Å²) in [7, 11) is 3.45. The molecule has 0 aliphatic carbocycles. The molecule has 22 heavy (non-hydrogen) atoms. The topological polar surface area (TPSA) is 39.5 Å². The maximum absolute atomic E-state index is 5.46. The minimum Gasteiger partial charge on any atom is -0.496 e. The molecule has 0 radical (unpaired) electrons. The number of nitrogens with zero attached hydrogens (tertiary/aromatic N) is 3. The summed E-state index contributed by atoms with van der Waals surface area (Å²) in [5, 5.41) is 0. The summed E-state index contributed by atoms with van der Waals surface area (Å²) in [6.07, 6.45) is 1.93. The number of aromatic nitrogens is 2. The summed E-state index contributed by atoms with van der Waals surface area (Å²) >= 11 is 0. The predicted molar refractivity (Wildman–Crippen MR) is 84.8 cm³/mol. The van der Waals surface area contributed by atoms with E-state index in [4.69, 9.17) is 9.47 Å². The Morgan fingerprint density at radius 3 is 2.82 bits per heavy atom. The van der Waals surface area contributed by atoms with Crippen molar-refractivity contribution in [3.63, 3.8) is 0 Å². The van der Waals surface area contributed by atoms with E-state index in [1.54, 1.807) is 14.2 Å². The van der Waals surface area contributed by atoms with Crippen LogP contribution in [0.2, 0.25) is 0 Å². The summed E-state index contributed by atoms with van der Waals surface area (Å²) in [6.45, 7) is 5.65. The lowest BCUT2D eigenvalue weighted by atomic mass is 10.1. The number of hydrogen-bond acceptors (Lipinski definition) is 4. The van der Waals surface area contributed by atoms with Crippen molar-refractivity contribution < 1.29 is 9.47 Å². The molecule has 0 N–H and O–H groups in total. The Kier molecular flexibility index (Phi) is 4.45. The summed E-state index contributed by atoms with van der Waals surface area (Å²) in [4.78, 5) is 7.04. The van der Waals surface area contributed by atoms with E-state index in [1.165, 1.54) is 5.56 Å². The van der Waals surface area contributed by atoms with Gasteiger partial charge < -0.3 is 14.0 Å². The van der Waals surface area contributed by atoms with E-state index in [0.29, 0.717) is 6.61 Å². The standard InChI is InChI=1S/C17H23N3O2/c1-13-17-18-10-15(12-21-2)20(17)9-8-19(13)11-14-6-4-5-7-16(14)22-3/h4-7,10,13H,8-9,11-12H2,1-3H3/t13-/m0/s1. The van der Waals surface area contributed by atoms with Crippen LogP contribution in [0.3, 0.4) is 0 Å². The Bertz CT molecular complexity index is 639. The first kappa shape index (κ1) is 15.1. The molecular weight excluding hydrogens is 278 g/mol. The third-order valence-corrected chi connectivity index (χ3v) is 4.36. The van der Waals surface area contributed by atoms with Crippen LogP contribution in [0.4, 0.5) is 0 Å². The second-order valence-electron chi connectivity index (χ2n) is 5.65. The largest absolute Gasteiger partial charge is 0.496 e. The second kappa shape index (κ2) is 6.50. The molecule has 0 spiro atoms. The van der Waals surface area contributed by atoms with E-state index in [-0.39, 0.29) is 6.04 Å². The van der Waals surface area contributed by atoms with Crippen molar-refractivity contribution in [3.05, 3.63) is 47.5 Å². The number of rotatable bonds is 5. The van der Waals surface area contributed by atoms with E-state index in [9.17, 15) is 0 Å². The lowest BCUT2D eigenvalue weighted by Crippen LogP contribution is -2.37. The third kappa shape index (κ3) is 2.74. The third-order valence-electron chi connectivity index (χ3n) is 4.36. The van der Waals surface area contributed by atoms with Crippen molar-refractivity contribution in [3.8, 4) is 5.75 Å². The minimum atomic E-state index is 0.282. The molecule has 0 unspecified atom stereocenters. The molecule has 1 aliphatic rings. The summed E-state index contributed by atoms with van der Waals surface area (Å²) in [5.74, 6) is 2.07. The van der Waals surface area contributed by atoms with Gasteiger partial charge in [0.25, 0.3) is 0 Å². The van der Waals surface area contributed by atoms with Crippen LogP contribution in [0.25, 0.3) is 0 Å². The molecule has 0 saturated carbocycles. The van der Waals surface area contributed by atoms with Gasteiger partial charge >= 0.3 is 0 Å². The molecule has 0 saturated heterocycles. The second-order valence-corrected chi connectivity index (χ2v) is 5.65. The molecule has 5 nitrogen and oxygen atoms in total. The zero-order chi connectivity index (χ0) is 15.5. The number of imidazole rings is 1. The molecule has 1 aromatic heterocycles. The molecule has 0 bridgehead atoms. The van der Waals surface area contributed by atoms with Crippen LogP contribution in [-0.4, -0.2) is 35.2 Å². The van der Waals surface area contributed by atoms with Crippen LogP contribution in [0.1, 0.15) is 30.0 Å². The van der Waals surface area contributed by atoms with Gasteiger partial charge in [-0.25, -0.2) is 4.98 Å². The van der Waals surface area contributed by atoms with E-state index in [2.05, 4.69) is 33.5 Å². The molecule has 5 heteroatoms. The first-order valence-electron chi connectivity index (χ1n) is 7.63. The van der Waals surface area contributed by atoms with Gasteiger partial charge in [-0.1, -0.05) is 18.2 Å². The van der Waals surface area contributed by atoms with Crippen molar-refractivity contribution in [2.45, 2.75) is 32.7 Å². The van der Waals surface area contributed by atoms with Crippen LogP contribution in [0, 0.1) is 0 Å². The zero-order valence-corrected chi connectivity index (χ0v) is 13.5. The Morgan fingerprint density at radius 1 is 1.23 bits per heavy atom. The molecule has 118 valence electrons. The average molecular weight is 301 g/mol. The number of fused-ring (bicyclic) bond motifs is 1.